The Morgan fingerprint density at radius 2 is 1.32 bits per heavy atom. The minimum Gasteiger partial charge on any atom is -0.382 e. The first-order chi connectivity index (χ1) is 33.3. The van der Waals surface area contributed by atoms with Crippen molar-refractivity contribution in [1.29, 1.82) is 0 Å². The first kappa shape index (κ1) is 51.0. The molecule has 2 fully saturated rings. The van der Waals surface area contributed by atoms with Crippen molar-refractivity contribution < 1.29 is 47.8 Å². The van der Waals surface area contributed by atoms with Crippen LogP contribution in [-0.2, 0) is 44.6 Å². The lowest BCUT2D eigenvalue weighted by Gasteiger charge is -2.33. The summed E-state index contributed by atoms with van der Waals surface area (Å²) < 4.78 is 16.9. The molecule has 69 heavy (non-hydrogen) atoms. The number of ether oxygens (including phenoxy) is 3. The number of amides is 6. The van der Waals surface area contributed by atoms with E-state index >= 15 is 0 Å². The van der Waals surface area contributed by atoms with E-state index in [-0.39, 0.29) is 101 Å². The number of fused-ring (bicyclic) bond motifs is 1. The fourth-order valence-corrected chi connectivity index (χ4v) is 8.58. The Hall–Kier alpha value is -5.91. The van der Waals surface area contributed by atoms with Crippen LogP contribution < -0.4 is 16.0 Å². The minimum atomic E-state index is -1.06. The number of carbonyl (C=O) groups excluding carboxylic acids is 7. The number of nitrogens with one attached hydrogen (secondary N) is 3. The van der Waals surface area contributed by atoms with Gasteiger partial charge in [-0.1, -0.05) is 94.9 Å². The van der Waals surface area contributed by atoms with Gasteiger partial charge in [-0.2, -0.15) is 0 Å². The summed E-state index contributed by atoms with van der Waals surface area (Å²) in [6.07, 6.45) is 3.60. The van der Waals surface area contributed by atoms with Gasteiger partial charge in [0.25, 0.3) is 11.8 Å². The average molecular weight is 1020 g/mol. The number of ketones is 1. The number of Topliss-reactive ketones (excluding diaryl/α,β-unsaturated/α-hetero) is 1. The van der Waals surface area contributed by atoms with Gasteiger partial charge in [-0.15, -0.1) is 0 Å². The number of nitrogens with zero attached hydrogens (tertiary/aromatic N) is 2. The molecule has 0 bridgehead atoms. The second kappa shape index (κ2) is 24.1. The van der Waals surface area contributed by atoms with Crippen LogP contribution >= 0.6 is 46.4 Å². The molecule has 0 aromatic heterocycles. The summed E-state index contributed by atoms with van der Waals surface area (Å²) in [5.41, 5.74) is 3.48. The van der Waals surface area contributed by atoms with Crippen molar-refractivity contribution in [1.82, 2.24) is 20.4 Å². The molecule has 0 aliphatic carbocycles. The van der Waals surface area contributed by atoms with Gasteiger partial charge in [0, 0.05) is 55.7 Å². The lowest BCUT2D eigenvalue weighted by Crippen LogP contribution is -2.54. The molecule has 1 unspecified atom stereocenters. The third kappa shape index (κ3) is 13.2. The van der Waals surface area contributed by atoms with Crippen LogP contribution in [0.4, 0.5) is 5.69 Å². The molecule has 7 rings (SSSR count). The summed E-state index contributed by atoms with van der Waals surface area (Å²) >= 11 is 24.9. The lowest BCUT2D eigenvalue weighted by molar-refractivity contribution is -0.137. The molecule has 3 aliphatic rings. The number of halogens is 4. The Kier molecular flexibility index (Phi) is 17.8. The van der Waals surface area contributed by atoms with Crippen molar-refractivity contribution in [3.8, 4) is 0 Å². The molecule has 4 aromatic carbocycles. The van der Waals surface area contributed by atoms with Crippen LogP contribution in [0.5, 0.6) is 0 Å². The van der Waals surface area contributed by atoms with Gasteiger partial charge in [0.2, 0.25) is 23.6 Å². The van der Waals surface area contributed by atoms with Gasteiger partial charge in [-0.05, 0) is 71.7 Å². The maximum Gasteiger partial charge on any atom is 0.264 e. The van der Waals surface area contributed by atoms with Crippen LogP contribution in [0.3, 0.4) is 0 Å². The zero-order chi connectivity index (χ0) is 49.0. The number of likely N-dealkylation sites (tertiary alicyclic amines) is 1. The van der Waals surface area contributed by atoms with E-state index in [0.717, 1.165) is 10.5 Å². The molecule has 0 spiro atoms. The molecule has 3 heterocycles. The molecule has 360 valence electrons. The summed E-state index contributed by atoms with van der Waals surface area (Å²) in [6, 6.07) is 22.0. The molecule has 2 saturated heterocycles. The number of hydrogen-bond donors (Lipinski definition) is 3. The first-order valence-electron chi connectivity index (χ1n) is 22.1. The highest BCUT2D eigenvalue weighted by Gasteiger charge is 2.45. The first-order valence-corrected chi connectivity index (χ1v) is 23.6. The van der Waals surface area contributed by atoms with Crippen molar-refractivity contribution in [2.45, 2.75) is 37.8 Å². The van der Waals surface area contributed by atoms with Gasteiger partial charge in [0.05, 0.1) is 70.9 Å². The van der Waals surface area contributed by atoms with E-state index < -0.39 is 41.6 Å². The summed E-state index contributed by atoms with van der Waals surface area (Å²) in [5.74, 6) is -3.36. The monoisotopic (exact) mass is 1020 g/mol. The molecule has 0 saturated carbocycles. The van der Waals surface area contributed by atoms with Gasteiger partial charge < -0.3 is 29.7 Å². The van der Waals surface area contributed by atoms with E-state index in [9.17, 15) is 33.6 Å². The summed E-state index contributed by atoms with van der Waals surface area (Å²) in [7, 11) is 0. The fourth-order valence-electron chi connectivity index (χ4n) is 7.97. The summed E-state index contributed by atoms with van der Waals surface area (Å²) in [5, 5.41) is 9.54. The predicted molar refractivity (Wildman–Crippen MR) is 261 cm³/mol. The Balaban J connectivity index is 0.865. The summed E-state index contributed by atoms with van der Waals surface area (Å²) in [6.45, 7) is 1.54. The van der Waals surface area contributed by atoms with Crippen molar-refractivity contribution in [3.05, 3.63) is 144 Å². The smallest absolute Gasteiger partial charge is 0.264 e. The molecule has 19 heteroatoms. The normalized spacial score (nSPS) is 17.6. The van der Waals surface area contributed by atoms with E-state index in [2.05, 4.69) is 16.0 Å². The minimum absolute atomic E-state index is 0.0297. The number of benzene rings is 4. The largest absolute Gasteiger partial charge is 0.382 e. The van der Waals surface area contributed by atoms with Crippen LogP contribution in [0.15, 0.2) is 96.1 Å². The predicted octanol–water partition coefficient (Wildman–Crippen LogP) is 6.86. The second-order valence-electron chi connectivity index (χ2n) is 16.2. The van der Waals surface area contributed by atoms with Crippen molar-refractivity contribution in [3.63, 3.8) is 0 Å². The summed E-state index contributed by atoms with van der Waals surface area (Å²) in [4.78, 5) is 94.6. The van der Waals surface area contributed by atoms with Crippen molar-refractivity contribution in [2.75, 3.05) is 64.6 Å². The third-order valence-corrected chi connectivity index (χ3v) is 12.8. The Morgan fingerprint density at radius 3 is 1.93 bits per heavy atom. The zero-order valence-corrected chi connectivity index (χ0v) is 40.1. The number of hydrogen-bond acceptors (Lipinski definition) is 11. The SMILES string of the molecule is O=C1CCC(N2C(=O)c3cccc(NCCOCCOCCOCCC(=O)N[C@H](Cc4ccccc4)C(=O)N4C/C(=C\c5ccc(Cl)c(Cl)c5)C(=O)/C(=C/c5ccc(Cl)c(Cl)c5)C4)c3C2=O)C(=O)N1. The molecule has 3 N–H and O–H groups in total. The maximum atomic E-state index is 14.5. The van der Waals surface area contributed by atoms with Gasteiger partial charge in [-0.3, -0.25) is 43.8 Å². The van der Waals surface area contributed by atoms with Crippen LogP contribution in [0, 0.1) is 0 Å². The van der Waals surface area contributed by atoms with E-state index in [1.807, 2.05) is 30.3 Å². The van der Waals surface area contributed by atoms with E-state index in [1.54, 1.807) is 60.7 Å². The Bertz CT molecular complexity index is 2620. The highest BCUT2D eigenvalue weighted by Crippen LogP contribution is 2.33. The number of carbonyl (C=O) groups is 7. The zero-order valence-electron chi connectivity index (χ0n) is 37.1. The van der Waals surface area contributed by atoms with Crippen LogP contribution in [0.25, 0.3) is 12.2 Å². The molecule has 0 radical (unpaired) electrons. The maximum absolute atomic E-state index is 14.5. The standard InChI is InChI=1S/C50H47Cl4N5O10/c51-36-11-9-31(25-38(36)53)23-33-28-58(29-34(46(33)62)24-32-10-12-37(52)39(54)26-32)49(65)41(27-30-5-2-1-3-6-30)56-44(61)15-17-67-19-21-69-22-20-68-18-16-55-40-8-4-7-35-45(40)50(66)59(48(35)64)42-13-14-43(60)57-47(42)63/h1-12,23-26,41-42,55H,13-22,27-29H2,(H,56,61)(H,57,60,63)/b33-23+,34-24+/t41-,42?/m1/s1. The third-order valence-electron chi connectivity index (χ3n) is 11.3. The number of piperidine rings is 2. The second-order valence-corrected chi connectivity index (χ2v) is 17.8. The number of anilines is 1. The van der Waals surface area contributed by atoms with E-state index in [4.69, 9.17) is 60.6 Å². The average Bonchev–Trinajstić information content (AvgIpc) is 3.58. The molecule has 6 amide bonds. The molecule has 4 aromatic rings. The number of rotatable bonds is 20. The van der Waals surface area contributed by atoms with Crippen LogP contribution in [-0.4, -0.2) is 122 Å². The van der Waals surface area contributed by atoms with Gasteiger partial charge in [-0.25, -0.2) is 0 Å². The molecule has 15 nitrogen and oxygen atoms in total. The highest BCUT2D eigenvalue weighted by atomic mass is 35.5. The Morgan fingerprint density at radius 1 is 0.710 bits per heavy atom. The van der Waals surface area contributed by atoms with E-state index in [1.165, 1.54) is 11.0 Å². The highest BCUT2D eigenvalue weighted by molar-refractivity contribution is 6.42. The quantitative estimate of drug-likeness (QED) is 0.0477. The number of imide groups is 2. The van der Waals surface area contributed by atoms with Gasteiger partial charge in [0.1, 0.15) is 12.1 Å². The van der Waals surface area contributed by atoms with Gasteiger partial charge >= 0.3 is 0 Å². The van der Waals surface area contributed by atoms with Crippen molar-refractivity contribution >= 4 is 105 Å². The van der Waals surface area contributed by atoms with E-state index in [0.29, 0.717) is 54.6 Å². The molecular formula is C50H47Cl4N5O10. The van der Waals surface area contributed by atoms with Crippen LogP contribution in [0.2, 0.25) is 20.1 Å². The molecular weight excluding hydrogens is 972 g/mol. The Labute approximate surface area is 418 Å². The van der Waals surface area contributed by atoms with Crippen LogP contribution in [0.1, 0.15) is 56.7 Å². The fraction of sp³-hybridized carbons (Fsp3) is 0.300. The van der Waals surface area contributed by atoms with Crippen molar-refractivity contribution in [2.24, 2.45) is 0 Å². The lowest BCUT2D eigenvalue weighted by atomic mass is 9.93. The molecule has 3 aliphatic heterocycles. The topological polar surface area (TPSA) is 190 Å². The van der Waals surface area contributed by atoms with Gasteiger partial charge in [0.15, 0.2) is 5.78 Å². The molecule has 2 atom stereocenters.